The highest BCUT2D eigenvalue weighted by atomic mass is 19.4. The summed E-state index contributed by atoms with van der Waals surface area (Å²) in [6, 6.07) is 21.3. The Morgan fingerprint density at radius 1 is 0.842 bits per heavy atom. The molecule has 0 spiro atoms. The second kappa shape index (κ2) is 10.3. The molecule has 0 atom stereocenters. The fourth-order valence-corrected chi connectivity index (χ4v) is 4.07. The van der Waals surface area contributed by atoms with Crippen LogP contribution in [0.2, 0.25) is 0 Å². The average Bonchev–Trinajstić information content (AvgIpc) is 3.33. The van der Waals surface area contributed by atoms with Gasteiger partial charge in [0.15, 0.2) is 0 Å². The van der Waals surface area contributed by atoms with Gasteiger partial charge in [-0.25, -0.2) is 4.79 Å². The number of hydrogen-bond donors (Lipinski definition) is 2. The van der Waals surface area contributed by atoms with Gasteiger partial charge in [-0.05, 0) is 66.6 Å². The molecule has 10 heteroatoms. The molecule has 0 saturated carbocycles. The Labute approximate surface area is 215 Å². The van der Waals surface area contributed by atoms with Gasteiger partial charge in [0.2, 0.25) is 0 Å². The fourth-order valence-electron chi connectivity index (χ4n) is 4.07. The summed E-state index contributed by atoms with van der Waals surface area (Å²) in [5, 5.41) is 5.31. The van der Waals surface area contributed by atoms with Crippen molar-refractivity contribution in [1.82, 2.24) is 4.98 Å². The SMILES string of the molecule is O=C(Nc1ccccc1)c1cc(Oc2ccc3c(c2)CCN3C(=O)Nc2cccc(C(F)(F)F)c2)ccn1. The van der Waals surface area contributed by atoms with Gasteiger partial charge in [-0.1, -0.05) is 24.3 Å². The summed E-state index contributed by atoms with van der Waals surface area (Å²) in [4.78, 5) is 30.9. The van der Waals surface area contributed by atoms with Crippen molar-refractivity contribution in [3.8, 4) is 11.5 Å². The first kappa shape index (κ1) is 24.8. The van der Waals surface area contributed by atoms with Crippen LogP contribution in [0.4, 0.5) is 35.0 Å². The van der Waals surface area contributed by atoms with E-state index >= 15 is 0 Å². The van der Waals surface area contributed by atoms with Gasteiger partial charge in [-0.2, -0.15) is 13.2 Å². The lowest BCUT2D eigenvalue weighted by molar-refractivity contribution is -0.137. The minimum absolute atomic E-state index is 0.0584. The third kappa shape index (κ3) is 5.59. The van der Waals surface area contributed by atoms with Crippen LogP contribution >= 0.6 is 0 Å². The van der Waals surface area contributed by atoms with Crippen LogP contribution in [0.15, 0.2) is 91.1 Å². The zero-order chi connectivity index (χ0) is 26.7. The molecular weight excluding hydrogens is 497 g/mol. The summed E-state index contributed by atoms with van der Waals surface area (Å²) in [7, 11) is 0. The first-order valence-corrected chi connectivity index (χ1v) is 11.7. The van der Waals surface area contributed by atoms with Crippen LogP contribution in [0.25, 0.3) is 0 Å². The number of carbonyl (C=O) groups excluding carboxylic acids is 2. The number of halogens is 3. The molecule has 0 unspecified atom stereocenters. The summed E-state index contributed by atoms with van der Waals surface area (Å²) in [5.74, 6) is 0.540. The second-order valence-corrected chi connectivity index (χ2v) is 8.50. The molecule has 1 aliphatic rings. The number of pyridine rings is 1. The number of anilines is 3. The number of hydrogen-bond acceptors (Lipinski definition) is 4. The summed E-state index contributed by atoms with van der Waals surface area (Å²) >= 11 is 0. The summed E-state index contributed by atoms with van der Waals surface area (Å²) in [5.41, 5.74) is 1.53. The van der Waals surface area contributed by atoms with Crippen molar-refractivity contribution in [2.75, 3.05) is 22.1 Å². The molecule has 3 amide bonds. The normalized spacial score (nSPS) is 12.6. The molecule has 1 aromatic heterocycles. The summed E-state index contributed by atoms with van der Waals surface area (Å²) in [6.45, 7) is 0.364. The molecule has 3 aromatic carbocycles. The molecule has 0 radical (unpaired) electrons. The molecule has 0 fully saturated rings. The number of aromatic nitrogens is 1. The van der Waals surface area contributed by atoms with Crippen LogP contribution in [0.1, 0.15) is 21.6 Å². The highest BCUT2D eigenvalue weighted by Gasteiger charge is 2.31. The van der Waals surface area contributed by atoms with Crippen molar-refractivity contribution in [2.24, 2.45) is 0 Å². The van der Waals surface area contributed by atoms with Crippen LogP contribution in [0, 0.1) is 0 Å². The number of nitrogens with one attached hydrogen (secondary N) is 2. The van der Waals surface area contributed by atoms with Crippen molar-refractivity contribution in [1.29, 1.82) is 0 Å². The zero-order valence-corrected chi connectivity index (χ0v) is 19.8. The third-order valence-corrected chi connectivity index (χ3v) is 5.86. The van der Waals surface area contributed by atoms with Crippen LogP contribution in [0.5, 0.6) is 11.5 Å². The van der Waals surface area contributed by atoms with E-state index in [2.05, 4.69) is 15.6 Å². The lowest BCUT2D eigenvalue weighted by atomic mass is 10.1. The monoisotopic (exact) mass is 518 g/mol. The Balaban J connectivity index is 1.26. The van der Waals surface area contributed by atoms with Gasteiger partial charge in [-0.3, -0.25) is 14.7 Å². The number of amides is 3. The summed E-state index contributed by atoms with van der Waals surface area (Å²) in [6.07, 6.45) is -2.48. The van der Waals surface area contributed by atoms with Crippen LogP contribution in [-0.4, -0.2) is 23.5 Å². The predicted octanol–water partition coefficient (Wildman–Crippen LogP) is 6.74. The van der Waals surface area contributed by atoms with E-state index in [0.717, 1.165) is 17.7 Å². The largest absolute Gasteiger partial charge is 0.457 e. The molecule has 38 heavy (non-hydrogen) atoms. The van der Waals surface area contributed by atoms with Gasteiger partial charge >= 0.3 is 12.2 Å². The highest BCUT2D eigenvalue weighted by Crippen LogP contribution is 2.34. The maximum Gasteiger partial charge on any atom is 0.416 e. The molecule has 2 heterocycles. The van der Waals surface area contributed by atoms with Gasteiger partial charge < -0.3 is 15.4 Å². The lowest BCUT2D eigenvalue weighted by Crippen LogP contribution is -2.33. The van der Waals surface area contributed by atoms with E-state index in [4.69, 9.17) is 4.74 Å². The Kier molecular flexibility index (Phi) is 6.69. The number of nitrogens with zero attached hydrogens (tertiary/aromatic N) is 2. The molecule has 2 N–H and O–H groups in total. The number of urea groups is 1. The van der Waals surface area contributed by atoms with Crippen LogP contribution in [0.3, 0.4) is 0 Å². The van der Waals surface area contributed by atoms with E-state index in [1.165, 1.54) is 29.3 Å². The first-order chi connectivity index (χ1) is 18.3. The first-order valence-electron chi connectivity index (χ1n) is 11.7. The smallest absolute Gasteiger partial charge is 0.416 e. The van der Waals surface area contributed by atoms with Crippen molar-refractivity contribution in [3.63, 3.8) is 0 Å². The standard InChI is InChI=1S/C28H21F3N4O3/c29-28(30,31)19-5-4-8-21(16-19)34-27(37)35-14-12-18-15-22(9-10-25(18)35)38-23-11-13-32-24(17-23)26(36)33-20-6-2-1-3-7-20/h1-11,13,15-17H,12,14H2,(H,33,36)(H,34,37). The Bertz CT molecular complexity index is 1490. The quantitative estimate of drug-likeness (QED) is 0.307. The molecule has 1 aliphatic heterocycles. The number of ether oxygens (including phenoxy) is 1. The molecule has 0 bridgehead atoms. The molecule has 0 saturated heterocycles. The van der Waals surface area contributed by atoms with E-state index in [1.54, 1.807) is 36.4 Å². The maximum atomic E-state index is 13.0. The minimum atomic E-state index is -4.50. The topological polar surface area (TPSA) is 83.6 Å². The maximum absolute atomic E-state index is 13.0. The number of alkyl halides is 3. The minimum Gasteiger partial charge on any atom is -0.457 e. The Hall–Kier alpha value is -4.86. The Morgan fingerprint density at radius 2 is 1.61 bits per heavy atom. The predicted molar refractivity (Wildman–Crippen MR) is 137 cm³/mol. The van der Waals surface area contributed by atoms with E-state index in [9.17, 15) is 22.8 Å². The van der Waals surface area contributed by atoms with Crippen LogP contribution in [-0.2, 0) is 12.6 Å². The van der Waals surface area contributed by atoms with Crippen molar-refractivity contribution in [3.05, 3.63) is 108 Å². The highest BCUT2D eigenvalue weighted by molar-refractivity contribution is 6.03. The van der Waals surface area contributed by atoms with E-state index in [0.29, 0.717) is 35.8 Å². The van der Waals surface area contributed by atoms with Gasteiger partial charge in [0.05, 0.1) is 5.56 Å². The molecule has 5 rings (SSSR count). The van der Waals surface area contributed by atoms with Gasteiger partial charge in [-0.15, -0.1) is 0 Å². The summed E-state index contributed by atoms with van der Waals surface area (Å²) < 4.78 is 44.9. The number of rotatable bonds is 5. The molecule has 0 aliphatic carbocycles. The second-order valence-electron chi connectivity index (χ2n) is 8.50. The zero-order valence-electron chi connectivity index (χ0n) is 19.8. The van der Waals surface area contributed by atoms with Gasteiger partial charge in [0.1, 0.15) is 17.2 Å². The van der Waals surface area contributed by atoms with Crippen LogP contribution < -0.4 is 20.3 Å². The molecule has 4 aromatic rings. The molecule has 7 nitrogen and oxygen atoms in total. The van der Waals surface area contributed by atoms with E-state index in [-0.39, 0.29) is 17.3 Å². The van der Waals surface area contributed by atoms with Crippen molar-refractivity contribution < 1.29 is 27.5 Å². The third-order valence-electron chi connectivity index (χ3n) is 5.86. The van der Waals surface area contributed by atoms with Crippen molar-refractivity contribution >= 4 is 29.0 Å². The average molecular weight is 518 g/mol. The van der Waals surface area contributed by atoms with E-state index < -0.39 is 17.8 Å². The van der Waals surface area contributed by atoms with E-state index in [1.807, 2.05) is 18.2 Å². The van der Waals surface area contributed by atoms with Crippen molar-refractivity contribution in [2.45, 2.75) is 12.6 Å². The molecular formula is C28H21F3N4O3. The lowest BCUT2D eigenvalue weighted by Gasteiger charge is -2.19. The number of carbonyl (C=O) groups is 2. The fraction of sp³-hybridized carbons (Fsp3) is 0.107. The Morgan fingerprint density at radius 3 is 2.39 bits per heavy atom. The molecule has 192 valence electrons. The number of benzene rings is 3. The van der Waals surface area contributed by atoms with Gasteiger partial charge in [0.25, 0.3) is 5.91 Å². The number of para-hydroxylation sites is 1. The van der Waals surface area contributed by atoms with Gasteiger partial charge in [0, 0.05) is 35.9 Å². The number of fused-ring (bicyclic) bond motifs is 1.